The van der Waals surface area contributed by atoms with Crippen molar-refractivity contribution in [1.29, 1.82) is 0 Å². The number of para-hydroxylation sites is 1. The first-order valence-electron chi connectivity index (χ1n) is 10.2. The zero-order chi connectivity index (χ0) is 23.2. The molecule has 0 atom stereocenters. The third kappa shape index (κ3) is 5.55. The van der Waals surface area contributed by atoms with E-state index in [-0.39, 0.29) is 5.69 Å². The van der Waals surface area contributed by atoms with Crippen molar-refractivity contribution in [1.82, 2.24) is 19.8 Å². The second kappa shape index (κ2) is 10.5. The van der Waals surface area contributed by atoms with Gasteiger partial charge in [0.05, 0.1) is 11.4 Å². The van der Waals surface area contributed by atoms with Crippen LogP contribution < -0.4 is 10.4 Å². The Labute approximate surface area is 200 Å². The van der Waals surface area contributed by atoms with E-state index in [4.69, 9.17) is 9.73 Å². The van der Waals surface area contributed by atoms with Gasteiger partial charge in [0.2, 0.25) is 0 Å². The first-order valence-corrected chi connectivity index (χ1v) is 12.4. The van der Waals surface area contributed by atoms with Crippen molar-refractivity contribution >= 4 is 33.6 Å². The third-order valence-corrected chi connectivity index (χ3v) is 6.95. The number of tetrazole rings is 1. The van der Waals surface area contributed by atoms with Crippen molar-refractivity contribution < 1.29 is 4.74 Å². The number of hydrogen-bond acceptors (Lipinski definition) is 7. The number of thioether (sulfide) groups is 2. The molecule has 0 bridgehead atoms. The smallest absolute Gasteiger partial charge is 0.368 e. The van der Waals surface area contributed by atoms with E-state index in [1.54, 1.807) is 30.6 Å². The second-order valence-corrected chi connectivity index (χ2v) is 9.17. The minimum atomic E-state index is -0.275. The number of ether oxygens (including phenoxy) is 1. The fourth-order valence-electron chi connectivity index (χ4n) is 3.13. The van der Waals surface area contributed by atoms with E-state index in [0.29, 0.717) is 5.75 Å². The fourth-order valence-corrected chi connectivity index (χ4v) is 4.79. The number of rotatable bonds is 6. The van der Waals surface area contributed by atoms with Crippen LogP contribution in [0.2, 0.25) is 0 Å². The van der Waals surface area contributed by atoms with Gasteiger partial charge in [-0.25, -0.2) is 9.79 Å². The van der Waals surface area contributed by atoms with Crippen LogP contribution in [0.5, 0.6) is 11.5 Å². The predicted molar refractivity (Wildman–Crippen MR) is 136 cm³/mol. The Bertz CT molecular complexity index is 1310. The Morgan fingerprint density at radius 1 is 0.970 bits per heavy atom. The van der Waals surface area contributed by atoms with Crippen molar-refractivity contribution in [2.24, 2.45) is 12.0 Å². The zero-order valence-corrected chi connectivity index (χ0v) is 20.1. The molecular weight excluding hydrogens is 454 g/mol. The standard InChI is InChI=1S/C24H23N5O2S2/c1-17-8-7-11-22(29-24(30)28(2)26-27-29)21(17)16-33-23(32-3)25-18-12-14-20(15-13-18)31-19-9-5-4-6-10-19/h4-15H,16H2,1-3H3. The topological polar surface area (TPSA) is 74.3 Å². The Morgan fingerprint density at radius 3 is 2.36 bits per heavy atom. The Morgan fingerprint density at radius 2 is 1.70 bits per heavy atom. The third-order valence-electron chi connectivity index (χ3n) is 4.89. The summed E-state index contributed by atoms with van der Waals surface area (Å²) in [6.07, 6.45) is 2.00. The molecule has 1 heterocycles. The summed E-state index contributed by atoms with van der Waals surface area (Å²) >= 11 is 3.21. The van der Waals surface area contributed by atoms with Gasteiger partial charge in [0.25, 0.3) is 0 Å². The van der Waals surface area contributed by atoms with Gasteiger partial charge < -0.3 is 4.74 Å². The van der Waals surface area contributed by atoms with Gasteiger partial charge in [-0.2, -0.15) is 9.36 Å². The van der Waals surface area contributed by atoms with Gasteiger partial charge in [0, 0.05) is 12.8 Å². The van der Waals surface area contributed by atoms with Gasteiger partial charge in [0.15, 0.2) is 0 Å². The summed E-state index contributed by atoms with van der Waals surface area (Å²) in [5.74, 6) is 2.21. The first-order chi connectivity index (χ1) is 16.0. The average molecular weight is 478 g/mol. The van der Waals surface area contributed by atoms with E-state index in [1.165, 1.54) is 9.36 Å². The minimum absolute atomic E-state index is 0.275. The van der Waals surface area contributed by atoms with Crippen LogP contribution in [0.3, 0.4) is 0 Å². The summed E-state index contributed by atoms with van der Waals surface area (Å²) in [6, 6.07) is 23.2. The molecule has 0 saturated carbocycles. The van der Waals surface area contributed by atoms with Crippen molar-refractivity contribution in [3.63, 3.8) is 0 Å². The molecule has 0 saturated heterocycles. The van der Waals surface area contributed by atoms with E-state index in [0.717, 1.165) is 38.4 Å². The highest BCUT2D eigenvalue weighted by atomic mass is 32.2. The maximum atomic E-state index is 12.4. The predicted octanol–water partition coefficient (Wildman–Crippen LogP) is 5.35. The molecule has 1 aromatic heterocycles. The van der Waals surface area contributed by atoms with Gasteiger partial charge in [-0.1, -0.05) is 42.1 Å². The molecule has 9 heteroatoms. The molecule has 0 spiro atoms. The van der Waals surface area contributed by atoms with E-state index < -0.39 is 0 Å². The molecule has 0 radical (unpaired) electrons. The summed E-state index contributed by atoms with van der Waals surface area (Å²) < 4.78 is 9.33. The Kier molecular flexibility index (Phi) is 7.31. The number of nitrogens with zero attached hydrogens (tertiary/aromatic N) is 5. The summed E-state index contributed by atoms with van der Waals surface area (Å²) in [6.45, 7) is 2.03. The molecule has 0 aliphatic carbocycles. The maximum Gasteiger partial charge on any atom is 0.368 e. The number of aromatic nitrogens is 4. The molecule has 0 fully saturated rings. The molecule has 4 rings (SSSR count). The molecule has 0 aliphatic heterocycles. The molecule has 3 aromatic carbocycles. The lowest BCUT2D eigenvalue weighted by atomic mass is 10.1. The molecular formula is C24H23N5O2S2. The van der Waals surface area contributed by atoms with Crippen LogP contribution in [-0.2, 0) is 12.8 Å². The number of benzene rings is 3. The van der Waals surface area contributed by atoms with Crippen LogP contribution in [0, 0.1) is 6.92 Å². The lowest BCUT2D eigenvalue weighted by Crippen LogP contribution is -2.23. The van der Waals surface area contributed by atoms with E-state index >= 15 is 0 Å². The van der Waals surface area contributed by atoms with Crippen molar-refractivity contribution in [3.8, 4) is 17.2 Å². The molecule has 4 aromatic rings. The van der Waals surface area contributed by atoms with Gasteiger partial charge >= 0.3 is 5.69 Å². The van der Waals surface area contributed by atoms with Gasteiger partial charge in [-0.3, -0.25) is 0 Å². The molecule has 7 nitrogen and oxygen atoms in total. The van der Waals surface area contributed by atoms with Crippen LogP contribution in [-0.4, -0.2) is 30.4 Å². The molecule has 33 heavy (non-hydrogen) atoms. The van der Waals surface area contributed by atoms with Gasteiger partial charge in [0.1, 0.15) is 15.9 Å². The quantitative estimate of drug-likeness (QED) is 0.275. The van der Waals surface area contributed by atoms with E-state index in [2.05, 4.69) is 10.4 Å². The van der Waals surface area contributed by atoms with Crippen LogP contribution in [0.4, 0.5) is 5.69 Å². The fraction of sp³-hybridized carbons (Fsp3) is 0.167. The molecule has 0 N–H and O–H groups in total. The first kappa shape index (κ1) is 22.9. The van der Waals surface area contributed by atoms with Gasteiger partial charge in [-0.15, -0.1) is 11.8 Å². The molecule has 0 unspecified atom stereocenters. The maximum absolute atomic E-state index is 12.4. The number of aryl methyl sites for hydroxylation is 2. The van der Waals surface area contributed by atoms with Crippen LogP contribution in [0.1, 0.15) is 11.1 Å². The van der Waals surface area contributed by atoms with Crippen LogP contribution in [0.25, 0.3) is 5.69 Å². The normalized spacial score (nSPS) is 11.5. The highest BCUT2D eigenvalue weighted by Gasteiger charge is 2.14. The summed E-state index contributed by atoms with van der Waals surface area (Å²) in [7, 11) is 1.59. The Hall–Kier alpha value is -3.30. The summed E-state index contributed by atoms with van der Waals surface area (Å²) in [4.78, 5) is 17.1. The van der Waals surface area contributed by atoms with E-state index in [1.807, 2.05) is 86.0 Å². The van der Waals surface area contributed by atoms with E-state index in [9.17, 15) is 4.79 Å². The summed E-state index contributed by atoms with van der Waals surface area (Å²) in [5.41, 5.74) is 3.42. The molecule has 0 aliphatic rings. The average Bonchev–Trinajstić information content (AvgIpc) is 3.17. The minimum Gasteiger partial charge on any atom is -0.457 e. The van der Waals surface area contributed by atoms with Crippen molar-refractivity contribution in [2.45, 2.75) is 12.7 Å². The second-order valence-electron chi connectivity index (χ2n) is 7.15. The SMILES string of the molecule is CSC(=Nc1ccc(Oc2ccccc2)cc1)SCc1c(C)cccc1-n1nnn(C)c1=O. The van der Waals surface area contributed by atoms with Crippen molar-refractivity contribution in [3.05, 3.63) is 94.4 Å². The number of aliphatic imine (C=N–C) groups is 1. The Balaban J connectivity index is 1.50. The number of hydrogen-bond donors (Lipinski definition) is 0. The lowest BCUT2D eigenvalue weighted by Gasteiger charge is -2.11. The van der Waals surface area contributed by atoms with Crippen molar-refractivity contribution in [2.75, 3.05) is 6.26 Å². The molecule has 0 amide bonds. The monoisotopic (exact) mass is 477 g/mol. The van der Waals surface area contributed by atoms with Crippen LogP contribution >= 0.6 is 23.5 Å². The highest BCUT2D eigenvalue weighted by molar-refractivity contribution is 8.38. The lowest BCUT2D eigenvalue weighted by molar-refractivity contribution is 0.483. The summed E-state index contributed by atoms with van der Waals surface area (Å²) in [5, 5.41) is 7.84. The largest absolute Gasteiger partial charge is 0.457 e. The zero-order valence-electron chi connectivity index (χ0n) is 18.5. The van der Waals surface area contributed by atoms with Gasteiger partial charge in [-0.05, 0) is 77.2 Å². The molecule has 168 valence electrons. The highest BCUT2D eigenvalue weighted by Crippen LogP contribution is 2.29. The van der Waals surface area contributed by atoms with Crippen LogP contribution in [0.15, 0.2) is 82.6 Å².